The highest BCUT2D eigenvalue weighted by Gasteiger charge is 2.39. The Morgan fingerprint density at radius 1 is 0.535 bits per heavy atom. The van der Waals surface area contributed by atoms with Crippen LogP contribution in [0.15, 0.2) is 83.9 Å². The number of hydrogen-bond donors (Lipinski definition) is 2. The van der Waals surface area contributed by atoms with Crippen LogP contribution in [0.2, 0.25) is 0 Å². The van der Waals surface area contributed by atoms with E-state index in [2.05, 4.69) is 50.8 Å². The summed E-state index contributed by atoms with van der Waals surface area (Å²) in [5.41, 5.74) is 1.46. The number of nitrogens with one attached hydrogen (secondary N) is 2. The van der Waals surface area contributed by atoms with Gasteiger partial charge >= 0.3 is 6.18 Å². The van der Waals surface area contributed by atoms with Crippen LogP contribution in [-0.4, -0.2) is 138 Å². The third-order valence-electron chi connectivity index (χ3n) is 12.1. The van der Waals surface area contributed by atoms with Crippen LogP contribution >= 0.6 is 0 Å². The van der Waals surface area contributed by atoms with E-state index in [0.29, 0.717) is 70.4 Å². The summed E-state index contributed by atoms with van der Waals surface area (Å²) in [7, 11) is 3.18. The number of carbonyl (C=O) groups excluding carboxylic acids is 2. The molecule has 0 bridgehead atoms. The van der Waals surface area contributed by atoms with E-state index in [1.807, 2.05) is 31.2 Å². The molecule has 4 aromatic rings. The summed E-state index contributed by atoms with van der Waals surface area (Å²) in [4.78, 5) is 29.8. The molecule has 2 aliphatic rings. The number of rotatable bonds is 24. The summed E-state index contributed by atoms with van der Waals surface area (Å²) in [6.07, 6.45) is 2.33. The number of piperidine rings is 2. The smallest absolute Gasteiger partial charge is 0.382 e. The minimum absolute atomic E-state index is 0.0514. The molecule has 2 aliphatic heterocycles. The highest BCUT2D eigenvalue weighted by atomic mass is 19.4. The van der Waals surface area contributed by atoms with Gasteiger partial charge in [0, 0.05) is 64.9 Å². The van der Waals surface area contributed by atoms with Crippen LogP contribution in [0, 0.1) is 22.7 Å². The maximum Gasteiger partial charge on any atom is 0.418 e. The number of alkyl halides is 3. The molecular formula is C54H67F3N6O8. The molecule has 2 saturated heterocycles. The quantitative estimate of drug-likeness (QED) is 0.0392. The normalized spacial score (nSPS) is 14.7. The summed E-state index contributed by atoms with van der Waals surface area (Å²) in [6.45, 7) is 10.1. The lowest BCUT2D eigenvalue weighted by Crippen LogP contribution is -2.30. The van der Waals surface area contributed by atoms with Crippen molar-refractivity contribution in [2.75, 3.05) is 129 Å². The lowest BCUT2D eigenvalue weighted by molar-refractivity contribution is -0.118. The number of allylic oxidation sites excluding steroid dienone is 2. The summed E-state index contributed by atoms with van der Waals surface area (Å²) in [5, 5.41) is 27.9. The number of carbonyl (C=O) groups is 2. The number of benzene rings is 4. The predicted molar refractivity (Wildman–Crippen MR) is 270 cm³/mol. The standard InChI is InChI=1S/C27H32F3N3O4.C27H35N3O4/c1-35-13-14-37-16-15-36-12-9-32-26(34)24(19-31)25(27(28,29)30)22-6-5-21-18-23(8-7-20(21)17-22)33-10-3-2-4-11-33;1-21(26(20-28)27(31)29-10-13-33-16-17-34-15-14-32-2)22-6-7-24-19-25(9-8-23(24)18-22)30-11-4-3-5-12-30/h5-8,17-18H,2-4,9-16H2,1H3,(H,32,34);6-9,18-19H,3-5,10-17H2,1-2H3,(H,29,31)/b25-24-;26-21+. The molecule has 0 atom stereocenters. The van der Waals surface area contributed by atoms with Gasteiger partial charge in [0.2, 0.25) is 0 Å². The second-order valence-electron chi connectivity index (χ2n) is 17.0. The van der Waals surface area contributed by atoms with Crippen LogP contribution < -0.4 is 20.4 Å². The fourth-order valence-electron chi connectivity index (χ4n) is 8.25. The van der Waals surface area contributed by atoms with Crippen molar-refractivity contribution in [3.05, 3.63) is 95.1 Å². The Morgan fingerprint density at radius 2 is 0.915 bits per heavy atom. The minimum atomic E-state index is -4.90. The predicted octanol–water partition coefficient (Wildman–Crippen LogP) is 8.39. The molecule has 0 saturated carbocycles. The Labute approximate surface area is 415 Å². The van der Waals surface area contributed by atoms with Crippen molar-refractivity contribution in [1.82, 2.24) is 10.6 Å². The first-order chi connectivity index (χ1) is 34.5. The fourth-order valence-corrected chi connectivity index (χ4v) is 8.25. The van der Waals surface area contributed by atoms with Crippen molar-refractivity contribution in [1.29, 1.82) is 10.5 Å². The Hall–Kier alpha value is -6.05. The average molecular weight is 985 g/mol. The first-order valence-electron chi connectivity index (χ1n) is 24.2. The number of methoxy groups -OCH3 is 2. The van der Waals surface area contributed by atoms with Gasteiger partial charge in [0.15, 0.2) is 0 Å². The molecule has 2 fully saturated rings. The van der Waals surface area contributed by atoms with Crippen molar-refractivity contribution >= 4 is 55.9 Å². The lowest BCUT2D eigenvalue weighted by Gasteiger charge is -2.29. The molecule has 382 valence electrons. The molecule has 2 N–H and O–H groups in total. The number of nitriles is 2. The highest BCUT2D eigenvalue weighted by Crippen LogP contribution is 2.38. The van der Waals surface area contributed by atoms with E-state index in [1.165, 1.54) is 49.6 Å². The van der Waals surface area contributed by atoms with Gasteiger partial charge in [0.05, 0.1) is 71.6 Å². The van der Waals surface area contributed by atoms with Gasteiger partial charge in [-0.3, -0.25) is 9.59 Å². The monoisotopic (exact) mass is 984 g/mol. The van der Waals surface area contributed by atoms with Crippen molar-refractivity contribution in [3.63, 3.8) is 0 Å². The van der Waals surface area contributed by atoms with Crippen LogP contribution in [0.4, 0.5) is 24.5 Å². The molecule has 2 amide bonds. The van der Waals surface area contributed by atoms with E-state index in [0.717, 1.165) is 66.4 Å². The zero-order valence-electron chi connectivity index (χ0n) is 41.2. The van der Waals surface area contributed by atoms with Crippen molar-refractivity contribution in [3.8, 4) is 12.1 Å². The van der Waals surface area contributed by atoms with Gasteiger partial charge in [0.1, 0.15) is 23.3 Å². The summed E-state index contributed by atoms with van der Waals surface area (Å²) in [6, 6.07) is 26.0. The number of amides is 2. The molecule has 0 aliphatic carbocycles. The van der Waals surface area contributed by atoms with Crippen LogP contribution in [-0.2, 0) is 38.0 Å². The second kappa shape index (κ2) is 30.0. The van der Waals surface area contributed by atoms with Crippen LogP contribution in [0.3, 0.4) is 0 Å². The van der Waals surface area contributed by atoms with Gasteiger partial charge in [0.25, 0.3) is 11.8 Å². The van der Waals surface area contributed by atoms with E-state index in [9.17, 15) is 33.3 Å². The maximum atomic E-state index is 14.1. The number of halogens is 3. The topological polar surface area (TPSA) is 168 Å². The Balaban J connectivity index is 0.000000265. The Kier molecular flexibility index (Phi) is 23.6. The van der Waals surface area contributed by atoms with E-state index in [4.69, 9.17) is 28.4 Å². The van der Waals surface area contributed by atoms with E-state index < -0.39 is 23.2 Å². The minimum Gasteiger partial charge on any atom is -0.382 e. The third kappa shape index (κ3) is 17.6. The first kappa shape index (κ1) is 55.9. The third-order valence-corrected chi connectivity index (χ3v) is 12.1. The molecule has 14 nitrogen and oxygen atoms in total. The molecule has 4 aromatic carbocycles. The zero-order chi connectivity index (χ0) is 50.9. The molecule has 0 aromatic heterocycles. The van der Waals surface area contributed by atoms with Gasteiger partial charge in [-0.25, -0.2) is 0 Å². The average Bonchev–Trinajstić information content (AvgIpc) is 3.39. The molecule has 0 spiro atoms. The summed E-state index contributed by atoms with van der Waals surface area (Å²) < 4.78 is 73.3. The van der Waals surface area contributed by atoms with Crippen LogP contribution in [0.5, 0.6) is 0 Å². The van der Waals surface area contributed by atoms with E-state index in [1.54, 1.807) is 26.4 Å². The number of anilines is 2. The largest absolute Gasteiger partial charge is 0.418 e. The molecule has 71 heavy (non-hydrogen) atoms. The SMILES string of the molecule is COCCOCCOCCNC(=O)/C(C#N)=C(/c1ccc2cc(N3CCCCC3)ccc2c1)C(F)(F)F.COCCOCCOCCNC(=O)/C(C#N)=C(\C)c1ccc2cc(N3CCCCC3)ccc2c1. The Morgan fingerprint density at radius 3 is 1.35 bits per heavy atom. The molecule has 17 heteroatoms. The first-order valence-corrected chi connectivity index (χ1v) is 24.2. The van der Waals surface area contributed by atoms with Crippen molar-refractivity contribution in [2.24, 2.45) is 0 Å². The van der Waals surface area contributed by atoms with Gasteiger partial charge in [-0.2, -0.15) is 23.7 Å². The highest BCUT2D eigenvalue weighted by molar-refractivity contribution is 6.07. The number of nitrogens with zero attached hydrogens (tertiary/aromatic N) is 4. The second-order valence-corrected chi connectivity index (χ2v) is 17.0. The van der Waals surface area contributed by atoms with Gasteiger partial charge in [-0.05, 0) is 120 Å². The zero-order valence-corrected chi connectivity index (χ0v) is 41.2. The molecule has 0 unspecified atom stereocenters. The summed E-state index contributed by atoms with van der Waals surface area (Å²) >= 11 is 0. The number of fused-ring (bicyclic) bond motifs is 2. The Bertz CT molecular complexity index is 2490. The van der Waals surface area contributed by atoms with E-state index in [-0.39, 0.29) is 36.8 Å². The van der Waals surface area contributed by atoms with Gasteiger partial charge in [-0.15, -0.1) is 0 Å². The molecule has 0 radical (unpaired) electrons. The van der Waals surface area contributed by atoms with E-state index >= 15 is 0 Å². The number of ether oxygens (including phenoxy) is 6. The van der Waals surface area contributed by atoms with Crippen molar-refractivity contribution < 1.29 is 51.2 Å². The lowest BCUT2D eigenvalue weighted by atomic mass is 9.96. The molecule has 2 heterocycles. The fraction of sp³-hybridized carbons (Fsp3) is 0.481. The van der Waals surface area contributed by atoms with Gasteiger partial charge in [-0.1, -0.05) is 36.4 Å². The molecular weight excluding hydrogens is 918 g/mol. The molecule has 6 rings (SSSR count). The van der Waals surface area contributed by atoms with Crippen molar-refractivity contribution in [2.45, 2.75) is 51.6 Å². The maximum absolute atomic E-state index is 14.1. The van der Waals surface area contributed by atoms with Crippen LogP contribution in [0.25, 0.3) is 32.7 Å². The van der Waals surface area contributed by atoms with Crippen LogP contribution in [0.1, 0.15) is 56.6 Å². The summed E-state index contributed by atoms with van der Waals surface area (Å²) in [5.74, 6) is -1.49. The number of hydrogen-bond acceptors (Lipinski definition) is 12. The van der Waals surface area contributed by atoms with Gasteiger partial charge < -0.3 is 48.9 Å².